The van der Waals surface area contributed by atoms with E-state index in [1.807, 2.05) is 17.5 Å². The largest absolute Gasteiger partial charge is 0.425 e. The highest BCUT2D eigenvalue weighted by atomic mass is 32.1. The van der Waals surface area contributed by atoms with E-state index in [2.05, 4.69) is 6.07 Å². The standard InChI is InChI=1S/C10H6F3S2/c11-10(12,13)9-4-3-8(15-9)6-7-2-1-5-14-7/h1-2,4-5H,6H2. The van der Waals surface area contributed by atoms with Crippen LogP contribution in [-0.2, 0) is 12.6 Å². The highest BCUT2D eigenvalue weighted by molar-refractivity contribution is 7.12. The van der Waals surface area contributed by atoms with Crippen LogP contribution in [0.1, 0.15) is 14.6 Å². The third-order valence-corrected chi connectivity index (χ3v) is 3.75. The molecule has 2 heterocycles. The average Bonchev–Trinajstić information content (AvgIpc) is 2.73. The molecule has 2 aromatic heterocycles. The van der Waals surface area contributed by atoms with Crippen LogP contribution in [0.15, 0.2) is 23.6 Å². The normalized spacial score (nSPS) is 11.9. The van der Waals surface area contributed by atoms with Crippen molar-refractivity contribution in [2.75, 3.05) is 0 Å². The monoisotopic (exact) mass is 247 g/mol. The van der Waals surface area contributed by atoms with Gasteiger partial charge in [0.25, 0.3) is 0 Å². The Bertz CT molecular complexity index is 426. The van der Waals surface area contributed by atoms with E-state index in [9.17, 15) is 13.2 Å². The van der Waals surface area contributed by atoms with Crippen molar-refractivity contribution in [3.05, 3.63) is 44.3 Å². The van der Waals surface area contributed by atoms with Gasteiger partial charge in [-0.05, 0) is 23.6 Å². The van der Waals surface area contributed by atoms with Crippen LogP contribution in [0.25, 0.3) is 0 Å². The molecule has 2 aromatic rings. The third kappa shape index (κ3) is 2.60. The molecule has 15 heavy (non-hydrogen) atoms. The number of hydrogen-bond donors (Lipinski definition) is 0. The van der Waals surface area contributed by atoms with Gasteiger partial charge in [-0.15, -0.1) is 22.7 Å². The Labute approximate surface area is 93.0 Å². The molecule has 0 spiro atoms. The van der Waals surface area contributed by atoms with Gasteiger partial charge in [-0.3, -0.25) is 0 Å². The lowest BCUT2D eigenvalue weighted by molar-refractivity contribution is -0.134. The molecule has 2 rings (SSSR count). The zero-order chi connectivity index (χ0) is 10.9. The van der Waals surface area contributed by atoms with Crippen LogP contribution in [0.3, 0.4) is 0 Å². The van der Waals surface area contributed by atoms with Crippen LogP contribution in [0, 0.1) is 6.07 Å². The van der Waals surface area contributed by atoms with E-state index < -0.39 is 11.1 Å². The SMILES string of the molecule is FC(F)(F)c1c[c]c(Cc2cccs2)s1. The second-order valence-corrected chi connectivity index (χ2v) is 5.10. The molecule has 0 aliphatic heterocycles. The van der Waals surface area contributed by atoms with E-state index in [-0.39, 0.29) is 0 Å². The highest BCUT2D eigenvalue weighted by Crippen LogP contribution is 2.35. The Morgan fingerprint density at radius 1 is 1.33 bits per heavy atom. The molecule has 0 fully saturated rings. The molecular formula is C10H6F3S2. The van der Waals surface area contributed by atoms with Crippen LogP contribution in [-0.4, -0.2) is 0 Å². The Hall–Kier alpha value is -0.810. The summed E-state index contributed by atoms with van der Waals surface area (Å²) in [6.07, 6.45) is -3.70. The Morgan fingerprint density at radius 3 is 2.67 bits per heavy atom. The second-order valence-electron chi connectivity index (χ2n) is 2.93. The van der Waals surface area contributed by atoms with Gasteiger partial charge in [0.1, 0.15) is 4.88 Å². The fourth-order valence-electron chi connectivity index (χ4n) is 1.14. The Balaban J connectivity index is 2.15. The van der Waals surface area contributed by atoms with Crippen molar-refractivity contribution in [1.82, 2.24) is 0 Å². The van der Waals surface area contributed by atoms with E-state index in [0.717, 1.165) is 22.3 Å². The first-order valence-electron chi connectivity index (χ1n) is 4.15. The number of halogens is 3. The fraction of sp³-hybridized carbons (Fsp3) is 0.200. The zero-order valence-corrected chi connectivity index (χ0v) is 9.10. The van der Waals surface area contributed by atoms with Gasteiger partial charge in [-0.1, -0.05) is 6.07 Å². The van der Waals surface area contributed by atoms with Crippen molar-refractivity contribution in [1.29, 1.82) is 0 Å². The summed E-state index contributed by atoms with van der Waals surface area (Å²) in [5, 5.41) is 1.91. The first-order valence-corrected chi connectivity index (χ1v) is 5.85. The smallest absolute Gasteiger partial charge is 0.165 e. The second kappa shape index (κ2) is 3.98. The van der Waals surface area contributed by atoms with E-state index >= 15 is 0 Å². The summed E-state index contributed by atoms with van der Waals surface area (Å²) >= 11 is 2.30. The van der Waals surface area contributed by atoms with Crippen molar-refractivity contribution in [3.8, 4) is 0 Å². The third-order valence-electron chi connectivity index (χ3n) is 1.79. The van der Waals surface area contributed by atoms with Gasteiger partial charge in [-0.25, -0.2) is 0 Å². The molecule has 5 heteroatoms. The van der Waals surface area contributed by atoms with Gasteiger partial charge in [-0.2, -0.15) is 13.2 Å². The van der Waals surface area contributed by atoms with Crippen molar-refractivity contribution in [2.45, 2.75) is 12.6 Å². The molecule has 0 nitrogen and oxygen atoms in total. The number of hydrogen-bond acceptors (Lipinski definition) is 2. The molecule has 79 valence electrons. The van der Waals surface area contributed by atoms with Gasteiger partial charge in [0.15, 0.2) is 0 Å². The number of alkyl halides is 3. The van der Waals surface area contributed by atoms with Crippen molar-refractivity contribution < 1.29 is 13.2 Å². The molecule has 0 saturated carbocycles. The van der Waals surface area contributed by atoms with E-state index in [4.69, 9.17) is 0 Å². The molecular weight excluding hydrogens is 241 g/mol. The lowest BCUT2D eigenvalue weighted by Crippen LogP contribution is -2.00. The summed E-state index contributed by atoms with van der Waals surface area (Å²) in [6.45, 7) is 0. The summed E-state index contributed by atoms with van der Waals surface area (Å²) in [5.74, 6) is 0. The molecule has 0 aliphatic carbocycles. The molecule has 0 saturated heterocycles. The topological polar surface area (TPSA) is 0 Å². The molecule has 0 atom stereocenters. The van der Waals surface area contributed by atoms with Crippen LogP contribution in [0.2, 0.25) is 0 Å². The number of thiophene rings is 2. The van der Waals surface area contributed by atoms with Crippen LogP contribution in [0.4, 0.5) is 13.2 Å². The van der Waals surface area contributed by atoms with Crippen molar-refractivity contribution in [3.63, 3.8) is 0 Å². The minimum absolute atomic E-state index is 0.540. The van der Waals surface area contributed by atoms with E-state index in [0.29, 0.717) is 11.3 Å². The Morgan fingerprint density at radius 2 is 2.13 bits per heavy atom. The maximum absolute atomic E-state index is 12.3. The van der Waals surface area contributed by atoms with Gasteiger partial charge < -0.3 is 0 Å². The summed E-state index contributed by atoms with van der Waals surface area (Å²) < 4.78 is 36.8. The predicted octanol–water partition coefficient (Wildman–Crippen LogP) is 4.22. The van der Waals surface area contributed by atoms with E-state index in [1.165, 1.54) is 11.3 Å². The number of rotatable bonds is 2. The zero-order valence-electron chi connectivity index (χ0n) is 7.47. The molecule has 0 aromatic carbocycles. The summed E-state index contributed by atoms with van der Waals surface area (Å²) in [5.41, 5.74) is 0. The minimum atomic E-state index is -4.24. The van der Waals surface area contributed by atoms with Gasteiger partial charge in [0.05, 0.1) is 0 Å². The maximum atomic E-state index is 12.3. The summed E-state index contributed by atoms with van der Waals surface area (Å²) in [4.78, 5) is 1.11. The molecule has 0 unspecified atom stereocenters. The summed E-state index contributed by atoms with van der Waals surface area (Å²) in [6, 6.07) is 7.47. The molecule has 0 aliphatic rings. The molecule has 0 bridgehead atoms. The minimum Gasteiger partial charge on any atom is -0.165 e. The lowest BCUT2D eigenvalue weighted by atomic mass is 10.3. The molecule has 0 amide bonds. The van der Waals surface area contributed by atoms with Crippen molar-refractivity contribution in [2.24, 2.45) is 0 Å². The maximum Gasteiger partial charge on any atom is 0.425 e. The van der Waals surface area contributed by atoms with Gasteiger partial charge >= 0.3 is 6.18 Å². The van der Waals surface area contributed by atoms with Gasteiger partial charge in [0, 0.05) is 16.2 Å². The average molecular weight is 247 g/mol. The van der Waals surface area contributed by atoms with Crippen molar-refractivity contribution >= 4 is 22.7 Å². The first kappa shape index (κ1) is 10.7. The highest BCUT2D eigenvalue weighted by Gasteiger charge is 2.32. The summed E-state index contributed by atoms with van der Waals surface area (Å²) in [7, 11) is 0. The Kier molecular flexibility index (Phi) is 2.84. The predicted molar refractivity (Wildman–Crippen MR) is 55.3 cm³/mol. The first-order chi connectivity index (χ1) is 7.05. The van der Waals surface area contributed by atoms with Crippen LogP contribution in [0.5, 0.6) is 0 Å². The molecule has 1 radical (unpaired) electrons. The lowest BCUT2D eigenvalue weighted by Gasteiger charge is -2.00. The molecule has 0 N–H and O–H groups in total. The van der Waals surface area contributed by atoms with E-state index in [1.54, 1.807) is 0 Å². The fourth-order valence-corrected chi connectivity index (χ4v) is 2.79. The van der Waals surface area contributed by atoms with Gasteiger partial charge in [0.2, 0.25) is 0 Å². The van der Waals surface area contributed by atoms with Crippen LogP contribution < -0.4 is 0 Å². The quantitative estimate of drug-likeness (QED) is 0.745. The van der Waals surface area contributed by atoms with Crippen LogP contribution >= 0.6 is 22.7 Å².